The molecule has 39 heavy (non-hydrogen) atoms. The van der Waals surface area contributed by atoms with Gasteiger partial charge in [0.25, 0.3) is 0 Å². The summed E-state index contributed by atoms with van der Waals surface area (Å²) in [4.78, 5) is 14.8. The fourth-order valence-electron chi connectivity index (χ4n) is 5.80. The lowest BCUT2D eigenvalue weighted by Crippen LogP contribution is -2.38. The molecule has 2 bridgehead atoms. The number of aromatic nitrogens is 1. The third kappa shape index (κ3) is 5.17. The topological polar surface area (TPSA) is 64.8 Å². The van der Waals surface area contributed by atoms with Crippen molar-refractivity contribution in [1.82, 2.24) is 5.16 Å². The summed E-state index contributed by atoms with van der Waals surface area (Å²) < 4.78 is 32.6. The summed E-state index contributed by atoms with van der Waals surface area (Å²) in [5.74, 6) is 0.247. The molecule has 6 nitrogen and oxygen atoms in total. The van der Waals surface area contributed by atoms with E-state index in [0.717, 1.165) is 25.1 Å². The fraction of sp³-hybridized carbons (Fsp3) is 0.467. The third-order valence-electron chi connectivity index (χ3n) is 7.84. The van der Waals surface area contributed by atoms with Crippen LogP contribution in [0.25, 0.3) is 11.3 Å². The van der Waals surface area contributed by atoms with E-state index in [1.54, 1.807) is 18.2 Å². The molecule has 3 aliphatic rings. The molecule has 1 aliphatic heterocycles. The van der Waals surface area contributed by atoms with Crippen LogP contribution in [0.5, 0.6) is 0 Å². The van der Waals surface area contributed by atoms with Gasteiger partial charge in [0.2, 0.25) is 0 Å². The Balaban J connectivity index is 1.14. The van der Waals surface area contributed by atoms with Crippen molar-refractivity contribution in [2.24, 2.45) is 5.92 Å². The first kappa shape index (κ1) is 26.6. The van der Waals surface area contributed by atoms with Gasteiger partial charge in [-0.1, -0.05) is 34.4 Å². The highest BCUT2D eigenvalue weighted by atomic mass is 35.5. The number of ether oxygens (including phenoxy) is 2. The van der Waals surface area contributed by atoms with Crippen molar-refractivity contribution >= 4 is 34.9 Å². The quantitative estimate of drug-likeness (QED) is 0.270. The van der Waals surface area contributed by atoms with Crippen LogP contribution in [0.2, 0.25) is 10.0 Å². The summed E-state index contributed by atoms with van der Waals surface area (Å²) in [6.45, 7) is 6.61. The van der Waals surface area contributed by atoms with Crippen LogP contribution < -0.4 is 4.90 Å². The number of carbonyl (C=O) groups excluding carboxylic acids is 1. The second-order valence-electron chi connectivity index (χ2n) is 11.8. The van der Waals surface area contributed by atoms with Gasteiger partial charge in [0.1, 0.15) is 11.3 Å². The highest BCUT2D eigenvalue weighted by molar-refractivity contribution is 6.39. The first-order chi connectivity index (χ1) is 18.5. The Hall–Kier alpha value is -2.61. The number of rotatable bonds is 7. The third-order valence-corrected chi connectivity index (χ3v) is 8.47. The number of piperidine rings is 1. The second kappa shape index (κ2) is 9.79. The Labute approximate surface area is 237 Å². The van der Waals surface area contributed by atoms with Crippen LogP contribution in [-0.2, 0) is 21.7 Å². The Morgan fingerprint density at radius 2 is 1.82 bits per heavy atom. The highest BCUT2D eigenvalue weighted by Gasteiger charge is 2.51. The van der Waals surface area contributed by atoms with Crippen molar-refractivity contribution in [2.45, 2.75) is 76.5 Å². The molecule has 0 N–H and O–H groups in total. The fourth-order valence-corrected chi connectivity index (χ4v) is 6.37. The summed E-state index contributed by atoms with van der Waals surface area (Å²) in [5, 5.41) is 5.06. The maximum Gasteiger partial charge on any atom is 0.338 e. The van der Waals surface area contributed by atoms with Gasteiger partial charge in [0.15, 0.2) is 11.4 Å². The SMILES string of the molecule is CC(C)(C)OC(=O)c1ccc(N2C[C@@H]3C[C@H]2C[C@H]3OCc2c(-c3c(Cl)cccc3Cl)noc2C2(F)CC2)cc1. The van der Waals surface area contributed by atoms with E-state index in [9.17, 15) is 4.79 Å². The summed E-state index contributed by atoms with van der Waals surface area (Å²) in [7, 11) is 0. The van der Waals surface area contributed by atoms with Crippen LogP contribution in [0.1, 0.15) is 68.1 Å². The molecule has 206 valence electrons. The van der Waals surface area contributed by atoms with E-state index in [1.165, 1.54) is 0 Å². The number of alkyl halides is 1. The van der Waals surface area contributed by atoms with E-state index in [1.807, 2.05) is 45.0 Å². The number of esters is 1. The number of fused-ring (bicyclic) bond motifs is 2. The van der Waals surface area contributed by atoms with Gasteiger partial charge in [-0.2, -0.15) is 0 Å². The zero-order valence-corrected chi connectivity index (χ0v) is 23.7. The number of benzene rings is 2. The van der Waals surface area contributed by atoms with E-state index in [4.69, 9.17) is 37.2 Å². The summed E-state index contributed by atoms with van der Waals surface area (Å²) in [6, 6.07) is 13.2. The molecule has 6 rings (SSSR count). The van der Waals surface area contributed by atoms with Gasteiger partial charge in [-0.15, -0.1) is 0 Å². The number of hydrogen-bond acceptors (Lipinski definition) is 6. The molecule has 0 unspecified atom stereocenters. The molecule has 2 saturated carbocycles. The Morgan fingerprint density at radius 1 is 1.13 bits per heavy atom. The van der Waals surface area contributed by atoms with Crippen molar-refractivity contribution in [3.63, 3.8) is 0 Å². The molecule has 0 amide bonds. The van der Waals surface area contributed by atoms with Crippen LogP contribution in [0.4, 0.5) is 10.1 Å². The van der Waals surface area contributed by atoms with Gasteiger partial charge in [0, 0.05) is 29.8 Å². The molecule has 2 aromatic carbocycles. The lowest BCUT2D eigenvalue weighted by molar-refractivity contribution is 0.00695. The zero-order chi connectivity index (χ0) is 27.5. The van der Waals surface area contributed by atoms with Crippen molar-refractivity contribution in [1.29, 1.82) is 0 Å². The maximum atomic E-state index is 15.2. The largest absolute Gasteiger partial charge is 0.456 e. The molecule has 9 heteroatoms. The average molecular weight is 573 g/mol. The van der Waals surface area contributed by atoms with Gasteiger partial charge >= 0.3 is 5.97 Å². The molecule has 3 aromatic rings. The van der Waals surface area contributed by atoms with E-state index >= 15 is 4.39 Å². The number of anilines is 1. The van der Waals surface area contributed by atoms with Gasteiger partial charge in [-0.05, 0) is 82.9 Å². The maximum absolute atomic E-state index is 15.2. The Kier molecular flexibility index (Phi) is 6.68. The van der Waals surface area contributed by atoms with Crippen molar-refractivity contribution < 1.29 is 23.2 Å². The highest BCUT2D eigenvalue weighted by Crippen LogP contribution is 2.53. The minimum absolute atomic E-state index is 0.0411. The molecule has 2 heterocycles. The van der Waals surface area contributed by atoms with E-state index in [2.05, 4.69) is 10.1 Å². The van der Waals surface area contributed by atoms with Crippen LogP contribution in [-0.4, -0.2) is 35.4 Å². The number of nitrogens with zero attached hydrogens (tertiary/aromatic N) is 2. The van der Waals surface area contributed by atoms with E-state index < -0.39 is 11.3 Å². The number of halogens is 3. The van der Waals surface area contributed by atoms with Crippen LogP contribution in [0.15, 0.2) is 47.0 Å². The molecule has 0 spiro atoms. The van der Waals surface area contributed by atoms with E-state index in [-0.39, 0.29) is 24.4 Å². The summed E-state index contributed by atoms with van der Waals surface area (Å²) in [5.41, 5.74) is 1.15. The smallest absolute Gasteiger partial charge is 0.338 e. The van der Waals surface area contributed by atoms with Gasteiger partial charge in [-0.3, -0.25) is 0 Å². The normalized spacial score (nSPS) is 23.3. The van der Waals surface area contributed by atoms with Crippen molar-refractivity contribution in [3.8, 4) is 11.3 Å². The van der Waals surface area contributed by atoms with Gasteiger partial charge in [0.05, 0.1) is 33.9 Å². The lowest BCUT2D eigenvalue weighted by Gasteiger charge is -2.33. The molecule has 1 saturated heterocycles. The molecule has 3 atom stereocenters. The molecule has 3 fully saturated rings. The van der Waals surface area contributed by atoms with Crippen LogP contribution in [0.3, 0.4) is 0 Å². The predicted octanol–water partition coefficient (Wildman–Crippen LogP) is 7.75. The zero-order valence-electron chi connectivity index (χ0n) is 22.2. The standard InChI is InChI=1S/C30H31Cl2FN2O4/c1-29(2,3)38-28(36)17-7-9-19(10-8-17)35-15-18-13-20(35)14-24(18)37-16-21-26(25-22(31)5-4-6-23(25)32)34-39-27(21)30(33)11-12-30/h4-10,18,20,24H,11-16H2,1-3H3/t18-,20-,24+/m0/s1. The van der Waals surface area contributed by atoms with Crippen molar-refractivity contribution in [3.05, 3.63) is 69.4 Å². The van der Waals surface area contributed by atoms with Gasteiger partial charge < -0.3 is 18.9 Å². The Morgan fingerprint density at radius 3 is 2.41 bits per heavy atom. The van der Waals surface area contributed by atoms with Crippen LogP contribution >= 0.6 is 23.2 Å². The average Bonchev–Trinajstić information content (AvgIpc) is 3.22. The minimum Gasteiger partial charge on any atom is -0.456 e. The lowest BCUT2D eigenvalue weighted by atomic mass is 10.0. The monoisotopic (exact) mass is 572 g/mol. The first-order valence-electron chi connectivity index (χ1n) is 13.4. The Bertz CT molecular complexity index is 1380. The number of hydrogen-bond donors (Lipinski definition) is 0. The molecule has 0 radical (unpaired) electrons. The first-order valence-corrected chi connectivity index (χ1v) is 14.1. The summed E-state index contributed by atoms with van der Waals surface area (Å²) in [6.07, 6.45) is 2.73. The van der Waals surface area contributed by atoms with Gasteiger partial charge in [-0.25, -0.2) is 9.18 Å². The van der Waals surface area contributed by atoms with E-state index in [0.29, 0.717) is 57.2 Å². The predicted molar refractivity (Wildman–Crippen MR) is 148 cm³/mol. The molecule has 1 aromatic heterocycles. The molecular weight excluding hydrogens is 542 g/mol. The second-order valence-corrected chi connectivity index (χ2v) is 12.7. The van der Waals surface area contributed by atoms with Crippen molar-refractivity contribution in [2.75, 3.05) is 11.4 Å². The number of carbonyl (C=O) groups is 1. The minimum atomic E-state index is -1.51. The molecule has 2 aliphatic carbocycles. The van der Waals surface area contributed by atoms with Crippen LogP contribution in [0, 0.1) is 5.92 Å². The summed E-state index contributed by atoms with van der Waals surface area (Å²) >= 11 is 12.9. The molecular formula is C30H31Cl2FN2O4.